The number of likely N-dealkylation sites (tertiary alicyclic amines) is 1. The molecule has 2 aliphatic rings. The predicted octanol–water partition coefficient (Wildman–Crippen LogP) is 3.29. The summed E-state index contributed by atoms with van der Waals surface area (Å²) >= 11 is 0. The maximum atomic E-state index is 12.6. The predicted molar refractivity (Wildman–Crippen MR) is 113 cm³/mol. The highest BCUT2D eigenvalue weighted by molar-refractivity contribution is 5.78. The highest BCUT2D eigenvalue weighted by atomic mass is 16.5. The van der Waals surface area contributed by atoms with Gasteiger partial charge in [0.05, 0.1) is 26.4 Å². The van der Waals surface area contributed by atoms with E-state index in [-0.39, 0.29) is 17.9 Å². The molecule has 2 N–H and O–H groups in total. The zero-order valence-corrected chi connectivity index (χ0v) is 18.1. The lowest BCUT2D eigenvalue weighted by Gasteiger charge is -2.52. The average molecular weight is 405 g/mol. The van der Waals surface area contributed by atoms with Crippen LogP contribution >= 0.6 is 0 Å². The topological polar surface area (TPSA) is 71.0 Å². The van der Waals surface area contributed by atoms with Gasteiger partial charge >= 0.3 is 0 Å². The van der Waals surface area contributed by atoms with Crippen LogP contribution in [0.3, 0.4) is 0 Å². The number of nitrogens with one attached hydrogen (secondary N) is 1. The zero-order chi connectivity index (χ0) is 20.9. The fourth-order valence-electron chi connectivity index (χ4n) is 5.05. The van der Waals surface area contributed by atoms with Gasteiger partial charge in [0.15, 0.2) is 0 Å². The standard InChI is InChI=1S/C23H36N2O4/c1-4-5-13-24-21(26)16-25-14-12-23(27)11-7-6-8-19(23)22(25)18-15-17(28-2)9-10-20(18)29-3/h9-10,15,19,22,27H,4-8,11-14,16H2,1-3H3,(H,24,26)/t19-,22?,23-/m0/s1. The third kappa shape index (κ3) is 4.86. The summed E-state index contributed by atoms with van der Waals surface area (Å²) in [4.78, 5) is 14.8. The Morgan fingerprint density at radius 2 is 2.10 bits per heavy atom. The molecule has 1 saturated carbocycles. The highest BCUT2D eigenvalue weighted by Gasteiger charge is 2.49. The summed E-state index contributed by atoms with van der Waals surface area (Å²) in [5.74, 6) is 1.67. The molecule has 2 fully saturated rings. The van der Waals surface area contributed by atoms with E-state index in [1.165, 1.54) is 0 Å². The minimum absolute atomic E-state index is 0.0477. The van der Waals surface area contributed by atoms with Crippen LogP contribution < -0.4 is 14.8 Å². The molecule has 29 heavy (non-hydrogen) atoms. The Balaban J connectivity index is 1.92. The van der Waals surface area contributed by atoms with Crippen molar-refractivity contribution in [3.8, 4) is 11.5 Å². The minimum atomic E-state index is -0.674. The molecule has 1 aliphatic heterocycles. The van der Waals surface area contributed by atoms with Gasteiger partial charge in [-0.05, 0) is 43.9 Å². The first-order chi connectivity index (χ1) is 14.0. The molecule has 1 saturated heterocycles. The fourth-order valence-corrected chi connectivity index (χ4v) is 5.05. The molecule has 1 unspecified atom stereocenters. The van der Waals surface area contributed by atoms with Crippen molar-refractivity contribution in [2.24, 2.45) is 5.92 Å². The molecule has 1 aromatic carbocycles. The number of aliphatic hydroxyl groups is 1. The Labute approximate surface area is 174 Å². The molecule has 1 aromatic rings. The normalized spacial score (nSPS) is 27.2. The summed E-state index contributed by atoms with van der Waals surface area (Å²) in [6.07, 6.45) is 6.71. The molecule has 6 heteroatoms. The number of rotatable bonds is 8. The largest absolute Gasteiger partial charge is 0.497 e. The van der Waals surface area contributed by atoms with Gasteiger partial charge in [-0.25, -0.2) is 0 Å². The lowest BCUT2D eigenvalue weighted by atomic mass is 9.66. The van der Waals surface area contributed by atoms with Crippen molar-refractivity contribution in [3.63, 3.8) is 0 Å². The van der Waals surface area contributed by atoms with Gasteiger partial charge in [0, 0.05) is 30.6 Å². The van der Waals surface area contributed by atoms with Gasteiger partial charge in [-0.3, -0.25) is 9.69 Å². The number of carbonyl (C=O) groups excluding carboxylic acids is 1. The monoisotopic (exact) mass is 404 g/mol. The Bertz CT molecular complexity index is 695. The summed E-state index contributed by atoms with van der Waals surface area (Å²) < 4.78 is 11.2. The number of piperidine rings is 1. The van der Waals surface area contributed by atoms with Crippen molar-refractivity contribution >= 4 is 5.91 Å². The zero-order valence-electron chi connectivity index (χ0n) is 18.1. The first-order valence-corrected chi connectivity index (χ1v) is 11.0. The molecule has 0 radical (unpaired) electrons. The summed E-state index contributed by atoms with van der Waals surface area (Å²) in [5, 5.41) is 14.5. The second-order valence-electron chi connectivity index (χ2n) is 8.43. The lowest BCUT2D eigenvalue weighted by molar-refractivity contribution is -0.138. The number of hydrogen-bond donors (Lipinski definition) is 2. The Kier molecular flexibility index (Phi) is 7.41. The molecule has 3 atom stereocenters. The molecule has 162 valence electrons. The molecular weight excluding hydrogens is 368 g/mol. The van der Waals surface area contributed by atoms with Gasteiger partial charge in [0.1, 0.15) is 11.5 Å². The van der Waals surface area contributed by atoms with Crippen molar-refractivity contribution in [3.05, 3.63) is 23.8 Å². The molecule has 3 rings (SSSR count). The third-order valence-electron chi connectivity index (χ3n) is 6.63. The van der Waals surface area contributed by atoms with E-state index in [0.29, 0.717) is 26.1 Å². The quantitative estimate of drug-likeness (QED) is 0.651. The van der Waals surface area contributed by atoms with Gasteiger partial charge in [-0.1, -0.05) is 26.2 Å². The number of hydrogen-bond acceptors (Lipinski definition) is 5. The molecule has 0 spiro atoms. The lowest BCUT2D eigenvalue weighted by Crippen LogP contribution is -2.56. The number of nitrogens with zero attached hydrogens (tertiary/aromatic N) is 1. The van der Waals surface area contributed by atoms with E-state index in [4.69, 9.17) is 9.47 Å². The average Bonchev–Trinajstić information content (AvgIpc) is 2.73. The van der Waals surface area contributed by atoms with Crippen LogP contribution in [0.4, 0.5) is 0 Å². The second kappa shape index (κ2) is 9.81. The van der Waals surface area contributed by atoms with Crippen LogP contribution in [-0.4, -0.2) is 55.4 Å². The van der Waals surface area contributed by atoms with Gasteiger partial charge in [-0.2, -0.15) is 0 Å². The van der Waals surface area contributed by atoms with Gasteiger partial charge in [0.2, 0.25) is 5.91 Å². The van der Waals surface area contributed by atoms with E-state index in [1.54, 1.807) is 14.2 Å². The Morgan fingerprint density at radius 1 is 1.28 bits per heavy atom. The summed E-state index contributed by atoms with van der Waals surface area (Å²) in [6.45, 7) is 3.86. The fraction of sp³-hybridized carbons (Fsp3) is 0.696. The van der Waals surface area contributed by atoms with E-state index in [9.17, 15) is 9.90 Å². The first-order valence-electron chi connectivity index (χ1n) is 11.0. The maximum Gasteiger partial charge on any atom is 0.234 e. The first kappa shape index (κ1) is 21.9. The molecule has 6 nitrogen and oxygen atoms in total. The number of carbonyl (C=O) groups is 1. The second-order valence-corrected chi connectivity index (χ2v) is 8.43. The van der Waals surface area contributed by atoms with Crippen LogP contribution in [-0.2, 0) is 4.79 Å². The van der Waals surface area contributed by atoms with Gasteiger partial charge < -0.3 is 19.9 Å². The number of methoxy groups -OCH3 is 2. The molecule has 1 heterocycles. The highest BCUT2D eigenvalue weighted by Crippen LogP contribution is 2.51. The van der Waals surface area contributed by atoms with Crippen molar-refractivity contribution in [1.29, 1.82) is 0 Å². The summed E-state index contributed by atoms with van der Waals surface area (Å²) in [7, 11) is 3.32. The minimum Gasteiger partial charge on any atom is -0.497 e. The van der Waals surface area contributed by atoms with Gasteiger partial charge in [-0.15, -0.1) is 0 Å². The summed E-state index contributed by atoms with van der Waals surface area (Å²) in [5.41, 5.74) is 0.324. The molecule has 0 bridgehead atoms. The molecule has 1 amide bonds. The van der Waals surface area contributed by atoms with Crippen LogP contribution in [0.2, 0.25) is 0 Å². The Morgan fingerprint density at radius 3 is 2.83 bits per heavy atom. The molecular formula is C23H36N2O4. The van der Waals surface area contributed by atoms with Crippen LogP contribution in [0, 0.1) is 5.92 Å². The van der Waals surface area contributed by atoms with Crippen LogP contribution in [0.25, 0.3) is 0 Å². The number of amides is 1. The van der Waals surface area contributed by atoms with Crippen LogP contribution in [0.15, 0.2) is 18.2 Å². The number of unbranched alkanes of at least 4 members (excludes halogenated alkanes) is 1. The van der Waals surface area contributed by atoms with Crippen molar-refractivity contribution in [2.45, 2.75) is 63.5 Å². The van der Waals surface area contributed by atoms with E-state index >= 15 is 0 Å². The van der Waals surface area contributed by atoms with Crippen molar-refractivity contribution in [2.75, 3.05) is 33.9 Å². The van der Waals surface area contributed by atoms with E-state index in [0.717, 1.165) is 55.6 Å². The number of benzene rings is 1. The number of ether oxygens (including phenoxy) is 2. The molecule has 1 aliphatic carbocycles. The van der Waals surface area contributed by atoms with Crippen molar-refractivity contribution < 1.29 is 19.4 Å². The van der Waals surface area contributed by atoms with E-state index in [1.807, 2.05) is 18.2 Å². The van der Waals surface area contributed by atoms with E-state index in [2.05, 4.69) is 17.1 Å². The SMILES string of the molecule is CCCCNC(=O)CN1CC[C@@]2(O)CCCC[C@H]2C1c1cc(OC)ccc1OC. The smallest absolute Gasteiger partial charge is 0.234 e. The van der Waals surface area contributed by atoms with Crippen molar-refractivity contribution in [1.82, 2.24) is 10.2 Å². The summed E-state index contributed by atoms with van der Waals surface area (Å²) in [6, 6.07) is 5.74. The Hall–Kier alpha value is -1.79. The van der Waals surface area contributed by atoms with Gasteiger partial charge in [0.25, 0.3) is 0 Å². The molecule has 0 aromatic heterocycles. The third-order valence-corrected chi connectivity index (χ3v) is 6.63. The maximum absolute atomic E-state index is 12.6. The van der Waals surface area contributed by atoms with Crippen LogP contribution in [0.5, 0.6) is 11.5 Å². The van der Waals surface area contributed by atoms with E-state index < -0.39 is 5.60 Å². The van der Waals surface area contributed by atoms with Crippen LogP contribution in [0.1, 0.15) is 63.5 Å². The number of fused-ring (bicyclic) bond motifs is 1.